The molecule has 1 aliphatic carbocycles. The Morgan fingerprint density at radius 2 is 1.43 bits per heavy atom. The number of alkyl halides is 3. The van der Waals surface area contributed by atoms with Gasteiger partial charge in [0.05, 0.1) is 0 Å². The first kappa shape index (κ1) is 25.6. The molecule has 188 valence electrons. The predicted octanol–water partition coefficient (Wildman–Crippen LogP) is 9.87. The number of hydrogen-bond donors (Lipinski definition) is 0. The van der Waals surface area contributed by atoms with Gasteiger partial charge in [-0.15, -0.1) is 0 Å². The summed E-state index contributed by atoms with van der Waals surface area (Å²) in [6, 6.07) is 9.48. The zero-order valence-corrected chi connectivity index (χ0v) is 19.8. The Balaban J connectivity index is 1.48. The Bertz CT molecular complexity index is 1150. The van der Waals surface area contributed by atoms with Gasteiger partial charge < -0.3 is 0 Å². The number of hydrogen-bond acceptors (Lipinski definition) is 0. The lowest BCUT2D eigenvalue weighted by molar-refractivity contribution is -0.142. The second kappa shape index (κ2) is 10.6. The first-order valence-electron chi connectivity index (χ1n) is 12.4. The Morgan fingerprint density at radius 3 is 2.03 bits per heavy atom. The SMILES string of the molecule is CCCCC1CCC(CCc2ccc3c(F)c(-c4cc(F)c(C(F)(F)F)c(F)c4)ccc3c2)CC1. The summed E-state index contributed by atoms with van der Waals surface area (Å²) < 4.78 is 81.8. The van der Waals surface area contributed by atoms with Gasteiger partial charge in [-0.1, -0.05) is 82.2 Å². The summed E-state index contributed by atoms with van der Waals surface area (Å²) in [4.78, 5) is 0. The summed E-state index contributed by atoms with van der Waals surface area (Å²) in [6.45, 7) is 2.23. The van der Waals surface area contributed by atoms with Crippen LogP contribution in [0.1, 0.15) is 69.4 Å². The van der Waals surface area contributed by atoms with Gasteiger partial charge in [-0.3, -0.25) is 0 Å². The third-order valence-corrected chi connectivity index (χ3v) is 7.43. The van der Waals surface area contributed by atoms with Crippen LogP contribution in [0.3, 0.4) is 0 Å². The van der Waals surface area contributed by atoms with Crippen molar-refractivity contribution in [2.24, 2.45) is 11.8 Å². The van der Waals surface area contributed by atoms with Gasteiger partial charge in [-0.05, 0) is 53.3 Å². The molecule has 0 nitrogen and oxygen atoms in total. The highest BCUT2D eigenvalue weighted by Crippen LogP contribution is 2.38. The summed E-state index contributed by atoms with van der Waals surface area (Å²) in [5.41, 5.74) is -1.28. The molecule has 0 unspecified atom stereocenters. The fraction of sp³-hybridized carbons (Fsp3) is 0.448. The van der Waals surface area contributed by atoms with Crippen molar-refractivity contribution in [2.45, 2.75) is 70.9 Å². The van der Waals surface area contributed by atoms with Crippen LogP contribution in [0, 0.1) is 29.3 Å². The van der Waals surface area contributed by atoms with Crippen molar-refractivity contribution in [1.82, 2.24) is 0 Å². The molecule has 35 heavy (non-hydrogen) atoms. The molecule has 1 saturated carbocycles. The van der Waals surface area contributed by atoms with Crippen molar-refractivity contribution < 1.29 is 26.3 Å². The highest BCUT2D eigenvalue weighted by Gasteiger charge is 2.38. The molecule has 6 heteroatoms. The third-order valence-electron chi connectivity index (χ3n) is 7.43. The minimum absolute atomic E-state index is 0.142. The van der Waals surface area contributed by atoms with E-state index < -0.39 is 29.2 Å². The molecule has 0 atom stereocenters. The maximum absolute atomic E-state index is 15.2. The monoisotopic (exact) mass is 492 g/mol. The lowest BCUT2D eigenvalue weighted by Gasteiger charge is -2.28. The van der Waals surface area contributed by atoms with Crippen molar-refractivity contribution in [1.29, 1.82) is 0 Å². The maximum atomic E-state index is 15.2. The van der Waals surface area contributed by atoms with E-state index in [2.05, 4.69) is 6.92 Å². The van der Waals surface area contributed by atoms with Gasteiger partial charge in [0.15, 0.2) is 0 Å². The summed E-state index contributed by atoms with van der Waals surface area (Å²) in [5, 5.41) is 0.920. The van der Waals surface area contributed by atoms with E-state index in [0.29, 0.717) is 23.4 Å². The number of rotatable bonds is 7. The van der Waals surface area contributed by atoms with Gasteiger partial charge in [0.2, 0.25) is 0 Å². The zero-order chi connectivity index (χ0) is 25.2. The molecule has 0 bridgehead atoms. The van der Waals surface area contributed by atoms with Crippen LogP contribution in [-0.4, -0.2) is 0 Å². The van der Waals surface area contributed by atoms with E-state index in [1.165, 1.54) is 51.0 Å². The average Bonchev–Trinajstić information content (AvgIpc) is 2.81. The van der Waals surface area contributed by atoms with Crippen LogP contribution >= 0.6 is 0 Å². The number of halogens is 6. The molecule has 0 spiro atoms. The van der Waals surface area contributed by atoms with Gasteiger partial charge in [0, 0.05) is 10.9 Å². The minimum Gasteiger partial charge on any atom is -0.206 e. The second-order valence-electron chi connectivity index (χ2n) is 9.86. The molecule has 0 N–H and O–H groups in total. The van der Waals surface area contributed by atoms with E-state index in [4.69, 9.17) is 0 Å². The van der Waals surface area contributed by atoms with Gasteiger partial charge in [0.1, 0.15) is 23.0 Å². The zero-order valence-electron chi connectivity index (χ0n) is 19.8. The molecule has 0 saturated heterocycles. The highest BCUT2D eigenvalue weighted by atomic mass is 19.4. The van der Waals surface area contributed by atoms with Crippen LogP contribution in [0.2, 0.25) is 0 Å². The first-order valence-corrected chi connectivity index (χ1v) is 12.4. The van der Waals surface area contributed by atoms with Crippen LogP contribution < -0.4 is 0 Å². The summed E-state index contributed by atoms with van der Waals surface area (Å²) in [6.07, 6.45) is 5.88. The third kappa shape index (κ3) is 5.84. The Kier molecular flexibility index (Phi) is 7.77. The smallest absolute Gasteiger partial charge is 0.206 e. The molecular formula is C29H30F6. The summed E-state index contributed by atoms with van der Waals surface area (Å²) in [7, 11) is 0. The number of aryl methyl sites for hydroxylation is 1. The molecule has 3 aromatic carbocycles. The molecule has 0 radical (unpaired) electrons. The highest BCUT2D eigenvalue weighted by molar-refractivity contribution is 5.88. The Hall–Kier alpha value is -2.50. The van der Waals surface area contributed by atoms with Crippen LogP contribution in [0.4, 0.5) is 26.3 Å². The van der Waals surface area contributed by atoms with E-state index in [0.717, 1.165) is 24.3 Å². The van der Waals surface area contributed by atoms with E-state index in [-0.39, 0.29) is 16.5 Å². The van der Waals surface area contributed by atoms with Gasteiger partial charge in [-0.2, -0.15) is 13.2 Å². The summed E-state index contributed by atoms with van der Waals surface area (Å²) in [5.74, 6) is -2.65. The number of unbranched alkanes of at least 4 members (excludes halogenated alkanes) is 1. The molecule has 1 aliphatic rings. The van der Waals surface area contributed by atoms with Crippen molar-refractivity contribution >= 4 is 10.8 Å². The number of benzene rings is 3. The Morgan fingerprint density at radius 1 is 0.800 bits per heavy atom. The fourth-order valence-electron chi connectivity index (χ4n) is 5.39. The van der Waals surface area contributed by atoms with Gasteiger partial charge in [-0.25, -0.2) is 13.2 Å². The molecule has 4 rings (SSSR count). The fourth-order valence-corrected chi connectivity index (χ4v) is 5.39. The Labute approximate surface area is 202 Å². The average molecular weight is 493 g/mol. The molecular weight excluding hydrogens is 462 g/mol. The van der Waals surface area contributed by atoms with Crippen molar-refractivity contribution in [2.75, 3.05) is 0 Å². The van der Waals surface area contributed by atoms with E-state index in [1.54, 1.807) is 12.1 Å². The van der Waals surface area contributed by atoms with Crippen LogP contribution in [0.25, 0.3) is 21.9 Å². The normalized spacial score (nSPS) is 18.8. The molecule has 0 amide bonds. The minimum atomic E-state index is -5.17. The van der Waals surface area contributed by atoms with Crippen molar-refractivity contribution in [3.63, 3.8) is 0 Å². The van der Waals surface area contributed by atoms with Crippen LogP contribution in [0.5, 0.6) is 0 Å². The van der Waals surface area contributed by atoms with Crippen molar-refractivity contribution in [3.8, 4) is 11.1 Å². The topological polar surface area (TPSA) is 0 Å². The predicted molar refractivity (Wildman–Crippen MR) is 128 cm³/mol. The molecule has 3 aromatic rings. The molecule has 1 fully saturated rings. The quantitative estimate of drug-likeness (QED) is 0.288. The standard InChI is InChI=1S/C29H30F6/c1-2-3-4-18-5-7-19(8-6-18)9-10-20-11-13-23-21(15-20)12-14-24(28(23)32)22-16-25(30)27(26(31)17-22)29(33,34)35/h11-19H,2-10H2,1H3. The van der Waals surface area contributed by atoms with Gasteiger partial charge in [0.25, 0.3) is 0 Å². The summed E-state index contributed by atoms with van der Waals surface area (Å²) >= 11 is 0. The van der Waals surface area contributed by atoms with E-state index in [1.807, 2.05) is 12.1 Å². The molecule has 0 aromatic heterocycles. The molecule has 0 aliphatic heterocycles. The van der Waals surface area contributed by atoms with Gasteiger partial charge >= 0.3 is 6.18 Å². The molecule has 0 heterocycles. The van der Waals surface area contributed by atoms with Crippen molar-refractivity contribution in [3.05, 3.63) is 71.0 Å². The van der Waals surface area contributed by atoms with E-state index >= 15 is 4.39 Å². The lowest BCUT2D eigenvalue weighted by atomic mass is 9.78. The second-order valence-corrected chi connectivity index (χ2v) is 9.86. The van der Waals surface area contributed by atoms with Crippen LogP contribution in [0.15, 0.2) is 42.5 Å². The maximum Gasteiger partial charge on any atom is 0.422 e. The largest absolute Gasteiger partial charge is 0.422 e. The van der Waals surface area contributed by atoms with E-state index in [9.17, 15) is 22.0 Å². The van der Waals surface area contributed by atoms with Crippen LogP contribution in [-0.2, 0) is 12.6 Å². The lowest BCUT2D eigenvalue weighted by Crippen LogP contribution is -2.15. The number of fused-ring (bicyclic) bond motifs is 1. The first-order chi connectivity index (χ1) is 16.7.